The molecule has 0 aromatic carbocycles. The molecule has 0 saturated heterocycles. The molecule has 0 aromatic rings. The Bertz CT molecular complexity index is 243. The molecule has 0 amide bonds. The van der Waals surface area contributed by atoms with E-state index in [0.29, 0.717) is 12.7 Å². The molecule has 0 heterocycles. The molecule has 0 aliphatic rings. The van der Waals surface area contributed by atoms with Gasteiger partial charge >= 0.3 is 0 Å². The Labute approximate surface area is 82.7 Å². The molecule has 0 unspecified atom stereocenters. The van der Waals surface area contributed by atoms with Crippen molar-refractivity contribution in [2.45, 2.75) is 39.0 Å². The van der Waals surface area contributed by atoms with Crippen molar-refractivity contribution in [1.82, 2.24) is 0 Å². The van der Waals surface area contributed by atoms with E-state index in [-0.39, 0.29) is 43.0 Å². The van der Waals surface area contributed by atoms with Crippen LogP contribution >= 0.6 is 0 Å². The Hall–Kier alpha value is -1.32. The van der Waals surface area contributed by atoms with Gasteiger partial charge in [-0.2, -0.15) is 0 Å². The molecule has 0 saturated carbocycles. The van der Waals surface area contributed by atoms with Gasteiger partial charge in [-0.1, -0.05) is 6.92 Å². The van der Waals surface area contributed by atoms with Crippen LogP contribution in [0.5, 0.6) is 0 Å². The molecule has 0 atom stereocenters. The van der Waals surface area contributed by atoms with Crippen LogP contribution in [-0.2, 0) is 19.2 Å². The maximum absolute atomic E-state index is 11.1. The van der Waals surface area contributed by atoms with E-state index in [1.54, 1.807) is 6.92 Å². The summed E-state index contributed by atoms with van der Waals surface area (Å²) in [4.78, 5) is 42.6. The van der Waals surface area contributed by atoms with E-state index < -0.39 is 0 Å². The minimum atomic E-state index is -0.381. The second kappa shape index (κ2) is 7.12. The molecule has 0 N–H and O–H groups in total. The van der Waals surface area contributed by atoms with Gasteiger partial charge in [0.1, 0.15) is 23.6 Å². The largest absolute Gasteiger partial charge is 0.303 e. The third kappa shape index (κ3) is 6.22. The van der Waals surface area contributed by atoms with Crippen LogP contribution in [0.15, 0.2) is 0 Å². The minimum absolute atomic E-state index is 0.0150. The summed E-state index contributed by atoms with van der Waals surface area (Å²) in [5, 5.41) is 0. The first-order valence-electron chi connectivity index (χ1n) is 4.58. The lowest BCUT2D eigenvalue weighted by Gasteiger charge is -1.97. The van der Waals surface area contributed by atoms with Gasteiger partial charge in [-0.25, -0.2) is 0 Å². The van der Waals surface area contributed by atoms with Gasteiger partial charge < -0.3 is 4.79 Å². The van der Waals surface area contributed by atoms with Crippen LogP contribution in [0.4, 0.5) is 0 Å². The molecule has 0 bridgehead atoms. The monoisotopic (exact) mass is 198 g/mol. The van der Waals surface area contributed by atoms with Crippen molar-refractivity contribution in [3.8, 4) is 0 Å². The van der Waals surface area contributed by atoms with Crippen molar-refractivity contribution in [1.29, 1.82) is 0 Å². The molecule has 78 valence electrons. The standard InChI is InChI=1S/C10H14O4/c1-2-8(12)3-4-9(13)7-10(14)5-6-11/h6H,2-5,7H2,1H3. The summed E-state index contributed by atoms with van der Waals surface area (Å²) < 4.78 is 0. The van der Waals surface area contributed by atoms with E-state index in [0.717, 1.165) is 0 Å². The fourth-order valence-electron chi connectivity index (χ4n) is 0.929. The zero-order valence-electron chi connectivity index (χ0n) is 8.25. The normalized spacial score (nSPS) is 9.50. The van der Waals surface area contributed by atoms with E-state index in [9.17, 15) is 19.2 Å². The van der Waals surface area contributed by atoms with Crippen molar-refractivity contribution in [3.63, 3.8) is 0 Å². The SMILES string of the molecule is CCC(=O)CCC(=O)CC(=O)CC=O. The van der Waals surface area contributed by atoms with Crippen molar-refractivity contribution in [3.05, 3.63) is 0 Å². The van der Waals surface area contributed by atoms with Crippen LogP contribution in [0, 0.1) is 0 Å². The summed E-state index contributed by atoms with van der Waals surface area (Å²) in [6.45, 7) is 1.73. The molecule has 4 nitrogen and oxygen atoms in total. The first-order valence-corrected chi connectivity index (χ1v) is 4.58. The number of aldehydes is 1. The molecule has 0 aliphatic carbocycles. The summed E-state index contributed by atoms with van der Waals surface area (Å²) in [6, 6.07) is 0. The van der Waals surface area contributed by atoms with E-state index >= 15 is 0 Å². The van der Waals surface area contributed by atoms with Gasteiger partial charge in [-0.3, -0.25) is 14.4 Å². The van der Waals surface area contributed by atoms with E-state index in [2.05, 4.69) is 0 Å². The highest BCUT2D eigenvalue weighted by molar-refractivity contribution is 6.03. The van der Waals surface area contributed by atoms with Crippen molar-refractivity contribution < 1.29 is 19.2 Å². The van der Waals surface area contributed by atoms with Crippen LogP contribution in [0.2, 0.25) is 0 Å². The molecule has 0 aliphatic heterocycles. The number of carbonyl (C=O) groups excluding carboxylic acids is 4. The topological polar surface area (TPSA) is 68.3 Å². The van der Waals surface area contributed by atoms with E-state index in [4.69, 9.17) is 0 Å². The first kappa shape index (κ1) is 12.7. The number of Topliss-reactive ketones (excluding diaryl/α,β-unsaturated/α-hetero) is 3. The van der Waals surface area contributed by atoms with Gasteiger partial charge in [0.2, 0.25) is 0 Å². The lowest BCUT2D eigenvalue weighted by Crippen LogP contribution is -2.09. The molecule has 0 aromatic heterocycles. The van der Waals surface area contributed by atoms with Gasteiger partial charge in [0.05, 0.1) is 12.8 Å². The van der Waals surface area contributed by atoms with Crippen LogP contribution in [-0.4, -0.2) is 23.6 Å². The Morgan fingerprint density at radius 1 is 1.00 bits per heavy atom. The quantitative estimate of drug-likeness (QED) is 0.428. The van der Waals surface area contributed by atoms with Crippen molar-refractivity contribution in [2.24, 2.45) is 0 Å². The highest BCUT2D eigenvalue weighted by Gasteiger charge is 2.10. The minimum Gasteiger partial charge on any atom is -0.303 e. The maximum atomic E-state index is 11.1. The van der Waals surface area contributed by atoms with E-state index in [1.165, 1.54) is 0 Å². The third-order valence-corrected chi connectivity index (χ3v) is 1.78. The molecule has 14 heavy (non-hydrogen) atoms. The van der Waals surface area contributed by atoms with Gasteiger partial charge in [0.25, 0.3) is 0 Å². The Balaban J connectivity index is 3.70. The summed E-state index contributed by atoms with van der Waals surface area (Å²) >= 11 is 0. The maximum Gasteiger partial charge on any atom is 0.147 e. The number of ketones is 3. The van der Waals surface area contributed by atoms with Gasteiger partial charge in [0, 0.05) is 19.3 Å². The van der Waals surface area contributed by atoms with E-state index in [1.807, 2.05) is 0 Å². The van der Waals surface area contributed by atoms with Crippen molar-refractivity contribution in [2.75, 3.05) is 0 Å². The third-order valence-electron chi connectivity index (χ3n) is 1.78. The molecule has 0 fully saturated rings. The van der Waals surface area contributed by atoms with Crippen LogP contribution in [0.25, 0.3) is 0 Å². The summed E-state index contributed by atoms with van der Waals surface area (Å²) in [6.07, 6.45) is 0.756. The smallest absolute Gasteiger partial charge is 0.147 e. The number of hydrogen-bond donors (Lipinski definition) is 0. The molecule has 0 spiro atoms. The van der Waals surface area contributed by atoms with Crippen LogP contribution in [0.3, 0.4) is 0 Å². The highest BCUT2D eigenvalue weighted by atomic mass is 16.2. The molecular weight excluding hydrogens is 184 g/mol. The lowest BCUT2D eigenvalue weighted by molar-refractivity contribution is -0.129. The van der Waals surface area contributed by atoms with Crippen molar-refractivity contribution >= 4 is 23.6 Å². The summed E-state index contributed by atoms with van der Waals surface area (Å²) in [7, 11) is 0. The zero-order chi connectivity index (χ0) is 11.0. The molecular formula is C10H14O4. The second-order valence-electron chi connectivity index (χ2n) is 3.02. The summed E-state index contributed by atoms with van der Waals surface area (Å²) in [5.74, 6) is -0.631. The average molecular weight is 198 g/mol. The second-order valence-corrected chi connectivity index (χ2v) is 3.02. The van der Waals surface area contributed by atoms with Gasteiger partial charge in [-0.15, -0.1) is 0 Å². The Morgan fingerprint density at radius 2 is 1.57 bits per heavy atom. The van der Waals surface area contributed by atoms with Crippen LogP contribution < -0.4 is 0 Å². The van der Waals surface area contributed by atoms with Crippen LogP contribution in [0.1, 0.15) is 39.0 Å². The number of hydrogen-bond acceptors (Lipinski definition) is 4. The fourth-order valence-corrected chi connectivity index (χ4v) is 0.929. The lowest BCUT2D eigenvalue weighted by atomic mass is 10.1. The number of carbonyl (C=O) groups is 4. The molecule has 0 radical (unpaired) electrons. The molecule has 4 heteroatoms. The first-order chi connectivity index (χ1) is 6.60. The van der Waals surface area contributed by atoms with Gasteiger partial charge in [-0.05, 0) is 0 Å². The zero-order valence-corrected chi connectivity index (χ0v) is 8.25. The Morgan fingerprint density at radius 3 is 2.07 bits per heavy atom. The fraction of sp³-hybridized carbons (Fsp3) is 0.600. The summed E-state index contributed by atoms with van der Waals surface area (Å²) in [5.41, 5.74) is 0. The molecule has 0 rings (SSSR count). The Kier molecular flexibility index (Phi) is 6.45. The predicted octanol–water partition coefficient (Wildman–Crippen LogP) is 0.863. The average Bonchev–Trinajstić information content (AvgIpc) is 2.14. The number of rotatable bonds is 8. The highest BCUT2D eigenvalue weighted by Crippen LogP contribution is 2.00. The van der Waals surface area contributed by atoms with Gasteiger partial charge in [0.15, 0.2) is 0 Å². The predicted molar refractivity (Wildman–Crippen MR) is 49.8 cm³/mol.